The van der Waals surface area contributed by atoms with E-state index in [1.165, 1.54) is 37.3 Å². The van der Waals surface area contributed by atoms with Crippen molar-refractivity contribution in [1.29, 1.82) is 0 Å². The van der Waals surface area contributed by atoms with Gasteiger partial charge in [-0.2, -0.15) is 0 Å². The lowest BCUT2D eigenvalue weighted by molar-refractivity contribution is -0.142. The van der Waals surface area contributed by atoms with Crippen molar-refractivity contribution in [3.8, 4) is 0 Å². The number of amides is 13. The van der Waals surface area contributed by atoms with Crippen molar-refractivity contribution < 1.29 is 67.4 Å². The van der Waals surface area contributed by atoms with E-state index in [9.17, 15) is 57.8 Å². The Balaban J connectivity index is 1.15. The van der Waals surface area contributed by atoms with Crippen molar-refractivity contribution in [2.45, 2.75) is 223 Å². The van der Waals surface area contributed by atoms with Crippen molar-refractivity contribution in [3.63, 3.8) is 0 Å². The fraction of sp³-hybridized carbons (Fsp3) is 0.519. The topological polar surface area (TPSA) is 454 Å². The number of aliphatic hydroxyl groups is 1. The van der Waals surface area contributed by atoms with Crippen LogP contribution in [0.3, 0.4) is 0 Å². The second kappa shape index (κ2) is 46.5. The second-order valence-corrected chi connectivity index (χ2v) is 30.0. The number of rotatable bonds is 46. The molecule has 0 unspecified atom stereocenters. The molecular weight excluding hydrogens is 1470 g/mol. The van der Waals surface area contributed by atoms with E-state index in [-0.39, 0.29) is 120 Å². The summed E-state index contributed by atoms with van der Waals surface area (Å²) in [4.78, 5) is 193. The molecule has 7 rings (SSSR count). The molecule has 31 nitrogen and oxygen atoms in total. The largest absolute Gasteiger partial charge is 0.394 e. The fourth-order valence-electron chi connectivity index (χ4n) is 13.4. The van der Waals surface area contributed by atoms with Crippen LogP contribution in [0.1, 0.15) is 159 Å². The second-order valence-electron chi connectivity index (χ2n) is 29.6. The predicted molar refractivity (Wildman–Crippen MR) is 425 cm³/mol. The number of benzene rings is 3. The van der Waals surface area contributed by atoms with E-state index in [1.54, 1.807) is 54.6 Å². The molecule has 11 atom stereocenters. The van der Waals surface area contributed by atoms with Gasteiger partial charge in [-0.3, -0.25) is 72.3 Å². The maximum atomic E-state index is 15.2. The van der Waals surface area contributed by atoms with E-state index >= 15 is 9.59 Å². The number of pyridine rings is 2. The third kappa shape index (κ3) is 30.2. The van der Waals surface area contributed by atoms with Crippen LogP contribution in [0.15, 0.2) is 116 Å². The number of nitrogens with zero attached hydrogens (tertiary/aromatic N) is 3. The maximum absolute atomic E-state index is 15.2. The highest BCUT2D eigenvalue weighted by atomic mass is 35.5. The zero-order chi connectivity index (χ0) is 81.9. The maximum Gasteiger partial charge on any atom is 0.269 e. The molecule has 32 heteroatoms. The summed E-state index contributed by atoms with van der Waals surface area (Å²) in [5.41, 5.74) is 7.34. The first-order chi connectivity index (χ1) is 54.2. The van der Waals surface area contributed by atoms with Crippen molar-refractivity contribution in [3.05, 3.63) is 143 Å². The van der Waals surface area contributed by atoms with E-state index < -0.39 is 138 Å². The van der Waals surface area contributed by atoms with Gasteiger partial charge >= 0.3 is 0 Å². The third-order valence-corrected chi connectivity index (χ3v) is 19.8. The minimum atomic E-state index is -1.82. The first-order valence-electron chi connectivity index (χ1n) is 39.1. The van der Waals surface area contributed by atoms with Gasteiger partial charge in [0.2, 0.25) is 70.9 Å². The number of aliphatic hydroxyl groups excluding tert-OH is 1. The average Bonchev–Trinajstić information content (AvgIpc) is 1.81. The van der Waals surface area contributed by atoms with E-state index in [0.29, 0.717) is 66.9 Å². The Hall–Kier alpha value is -10.5. The molecule has 2 aliphatic heterocycles. The molecule has 3 aromatic carbocycles. The number of hydrogen-bond donors (Lipinski definition) is 15. The lowest BCUT2D eigenvalue weighted by Gasteiger charge is -2.31. The predicted octanol–water partition coefficient (Wildman–Crippen LogP) is 2.04. The molecule has 0 aliphatic carbocycles. The van der Waals surface area contributed by atoms with Gasteiger partial charge in [-0.05, 0) is 174 Å². The molecule has 113 heavy (non-hydrogen) atoms. The Bertz CT molecular complexity index is 4000. The zero-order valence-electron chi connectivity index (χ0n) is 65.3. The highest BCUT2D eigenvalue weighted by Gasteiger charge is 2.41. The van der Waals surface area contributed by atoms with Crippen LogP contribution in [0.5, 0.6) is 0 Å². The zero-order valence-corrected chi connectivity index (χ0v) is 66.0. The number of aromatic nitrogens is 2. The number of hydrogen-bond acceptors (Lipinski definition) is 18. The number of carbonyl (C=O) groups excluding carboxylic acids is 13. The van der Waals surface area contributed by atoms with E-state index in [0.717, 1.165) is 17.2 Å². The number of nitrogens with one attached hydrogen (secondary N) is 13. The molecule has 2 fully saturated rings. The Kier molecular flexibility index (Phi) is 36.9. The molecule has 0 saturated carbocycles. The van der Waals surface area contributed by atoms with Crippen molar-refractivity contribution in [2.75, 3.05) is 39.3 Å². The summed E-state index contributed by atoms with van der Waals surface area (Å²) in [5.74, 6) is -9.45. The highest BCUT2D eigenvalue weighted by Crippen LogP contribution is 2.23. The van der Waals surface area contributed by atoms with Gasteiger partial charge in [-0.15, -0.1) is 0 Å². The SMILES string of the molecule is CC(=O)N[C@H](Cc1ccc2ccccc2c1)C(=O)N[C@H](Cc1ccc(Cl)cc1)C(=O)N[C@H](Cc1cccnc1)C(=O)N[C@@H](CO)C(=O)N[C@@H](CCCCNC(=O)[C@@H]1CCCN1)C(=O)N[C@H](CCCCNC(=O)c1ccccn1)C(=O)N[C@@H](CC(C)C)C(=O)N[C@@H](CCCCNC(C)C)C(=O)N1CCC[C@H]1C(=O)N[C@H](C)C(N)=O. The molecular formula is C81H112ClN17O14. The number of likely N-dealkylation sites (tertiary alicyclic amines) is 1. The smallest absolute Gasteiger partial charge is 0.269 e. The third-order valence-electron chi connectivity index (χ3n) is 19.6. The van der Waals surface area contributed by atoms with Crippen molar-refractivity contribution in [2.24, 2.45) is 11.7 Å². The normalized spacial score (nSPS) is 16.3. The van der Waals surface area contributed by atoms with Crippen molar-refractivity contribution >= 4 is 99.2 Å². The Morgan fingerprint density at radius 3 is 1.65 bits per heavy atom. The molecule has 2 aromatic heterocycles. The molecule has 4 heterocycles. The number of fused-ring (bicyclic) bond motifs is 1. The molecule has 2 aliphatic rings. The number of carbonyl (C=O) groups is 13. The summed E-state index contributed by atoms with van der Waals surface area (Å²) in [7, 11) is 0. The molecule has 13 amide bonds. The van der Waals surface area contributed by atoms with Gasteiger partial charge in [0.25, 0.3) is 5.91 Å². The van der Waals surface area contributed by atoms with Gasteiger partial charge in [0.15, 0.2) is 0 Å². The van der Waals surface area contributed by atoms with Crippen LogP contribution in [-0.2, 0) is 76.8 Å². The standard InChI is InChI=1S/C81H112ClN17O14/c1-49(2)42-64(75(107)94-63(26-12-13-36-85-50(3)4)81(113)99-41-19-28-69(99)80(112)90-51(5)70(83)102)95-74(106)62(25-11-16-38-88-71(103)59-23-9-14-37-86-59)92-73(105)61(24-10-15-39-89-72(104)60-27-18-40-87-60)93-79(111)68(48-100)98-78(110)67(46-55-20-17-35-84-47-55)97-77(109)66(44-53-30-33-58(82)34-31-53)96-76(108)65(91-52(6)101)45-54-29-32-56-21-7-8-22-57(56)43-54/h7-9,14,17,20-23,29-35,37,43,47,49-51,60-69,85,87,100H,10-13,15-16,18-19,24-28,36,38-42,44-46,48H2,1-6H3,(H2,83,102)(H,88,103)(H,89,104)(H,90,112)(H,91,101)(H,92,105)(H,93,111)(H,94,107)(H,95,106)(H,96,108)(H,97,109)(H,98,110)/t51-,60+,61+,62-,63+,64+,65-,66-,67-,68+,69+/m1/s1. The van der Waals surface area contributed by atoms with Crippen LogP contribution >= 0.6 is 11.6 Å². The Morgan fingerprint density at radius 2 is 1.07 bits per heavy atom. The monoisotopic (exact) mass is 1580 g/mol. The molecule has 16 N–H and O–H groups in total. The van der Waals surface area contributed by atoms with E-state index in [2.05, 4.69) is 79.1 Å². The minimum absolute atomic E-state index is 0.0329. The van der Waals surface area contributed by atoms with Gasteiger partial charge < -0.3 is 84.9 Å². The molecule has 2 saturated heterocycles. The molecule has 0 bridgehead atoms. The molecule has 0 spiro atoms. The number of nitrogens with two attached hydrogens (primary N) is 1. The summed E-state index contributed by atoms with van der Waals surface area (Å²) >= 11 is 6.27. The van der Waals surface area contributed by atoms with E-state index in [4.69, 9.17) is 17.3 Å². The Labute approximate surface area is 664 Å². The van der Waals surface area contributed by atoms with Gasteiger partial charge in [0.05, 0.1) is 12.6 Å². The van der Waals surface area contributed by atoms with E-state index in [1.807, 2.05) is 70.2 Å². The van der Waals surface area contributed by atoms with Crippen molar-refractivity contribution in [1.82, 2.24) is 84.0 Å². The molecule has 0 radical (unpaired) electrons. The summed E-state index contributed by atoms with van der Waals surface area (Å²) in [6.45, 7) is 11.0. The lowest BCUT2D eigenvalue weighted by Crippen LogP contribution is -2.61. The van der Waals surface area contributed by atoms with Crippen LogP contribution < -0.4 is 74.9 Å². The summed E-state index contributed by atoms with van der Waals surface area (Å²) in [6, 6.07) is 14.2. The van der Waals surface area contributed by atoms with Gasteiger partial charge in [-0.1, -0.05) is 106 Å². The van der Waals surface area contributed by atoms with Crippen LogP contribution in [0.2, 0.25) is 5.02 Å². The lowest BCUT2D eigenvalue weighted by atomic mass is 9.99. The average molecular weight is 1580 g/mol. The summed E-state index contributed by atoms with van der Waals surface area (Å²) < 4.78 is 0. The summed E-state index contributed by atoms with van der Waals surface area (Å²) in [5, 5.41) is 50.1. The number of unbranched alkanes of at least 4 members (excludes halogenated alkanes) is 3. The van der Waals surface area contributed by atoms with Crippen LogP contribution in [0, 0.1) is 5.92 Å². The molecule has 5 aromatic rings. The Morgan fingerprint density at radius 1 is 0.531 bits per heavy atom. The van der Waals surface area contributed by atoms with Crippen LogP contribution in [0.4, 0.5) is 0 Å². The quantitative estimate of drug-likeness (QED) is 0.0248. The van der Waals surface area contributed by atoms with Gasteiger partial charge in [0, 0.05) is 75.5 Å². The first-order valence-corrected chi connectivity index (χ1v) is 39.5. The van der Waals surface area contributed by atoms with Gasteiger partial charge in [-0.25, -0.2) is 0 Å². The summed E-state index contributed by atoms with van der Waals surface area (Å²) in [6.07, 6.45) is 8.26. The number of halogens is 1. The first kappa shape index (κ1) is 89.7. The molecule has 612 valence electrons. The minimum Gasteiger partial charge on any atom is -0.394 e. The van der Waals surface area contributed by atoms with Gasteiger partial charge in [0.1, 0.15) is 66.1 Å². The van der Waals surface area contributed by atoms with Crippen LogP contribution in [-0.4, -0.2) is 209 Å². The van der Waals surface area contributed by atoms with Crippen LogP contribution in [0.25, 0.3) is 10.8 Å². The number of primary amides is 1. The fourth-order valence-corrected chi connectivity index (χ4v) is 13.5. The highest BCUT2D eigenvalue weighted by molar-refractivity contribution is 6.30.